The summed E-state index contributed by atoms with van der Waals surface area (Å²) >= 11 is 1.72. The summed E-state index contributed by atoms with van der Waals surface area (Å²) in [7, 11) is 0. The van der Waals surface area contributed by atoms with E-state index in [9.17, 15) is 9.90 Å². The standard InChI is InChI=1S/C23H28N4O2S/c1-14-3-8-18-19(13-14)30-23-20(18)22(29)24-21(25-23)15(2)26-9-11-27(12-10-26)16-4-6-17(28)7-5-16/h4-7,14-15,28H,3,8-13H2,1-2H3,(H,24,25,29)/t14-,15-/m0/s1. The Morgan fingerprint density at radius 2 is 1.93 bits per heavy atom. The van der Waals surface area contributed by atoms with Crippen LogP contribution < -0.4 is 10.5 Å². The number of fused-ring (bicyclic) bond motifs is 3. The molecule has 3 aromatic rings. The molecule has 1 aliphatic carbocycles. The molecule has 0 spiro atoms. The van der Waals surface area contributed by atoms with Gasteiger partial charge < -0.3 is 15.0 Å². The molecule has 1 saturated heterocycles. The van der Waals surface area contributed by atoms with Crippen LogP contribution in [0.5, 0.6) is 5.75 Å². The zero-order valence-electron chi connectivity index (χ0n) is 17.5. The zero-order valence-corrected chi connectivity index (χ0v) is 18.3. The zero-order chi connectivity index (χ0) is 20.8. The number of aryl methyl sites for hydroxylation is 1. The molecule has 158 valence electrons. The largest absolute Gasteiger partial charge is 0.508 e. The number of phenols is 1. The Morgan fingerprint density at radius 3 is 2.67 bits per heavy atom. The van der Waals surface area contributed by atoms with Gasteiger partial charge in [-0.3, -0.25) is 9.69 Å². The molecule has 5 rings (SSSR count). The number of hydrogen-bond donors (Lipinski definition) is 2. The number of aromatic amines is 1. The first-order valence-electron chi connectivity index (χ1n) is 10.8. The fraction of sp³-hybridized carbons (Fsp3) is 0.478. The van der Waals surface area contributed by atoms with Crippen LogP contribution in [0.3, 0.4) is 0 Å². The third kappa shape index (κ3) is 3.50. The van der Waals surface area contributed by atoms with Gasteiger partial charge >= 0.3 is 0 Å². The number of H-pyrrole nitrogens is 1. The van der Waals surface area contributed by atoms with E-state index in [0.717, 1.165) is 67.2 Å². The molecule has 2 aliphatic rings. The van der Waals surface area contributed by atoms with Gasteiger partial charge in [-0.25, -0.2) is 4.98 Å². The Labute approximate surface area is 180 Å². The molecule has 1 fully saturated rings. The second-order valence-electron chi connectivity index (χ2n) is 8.70. The normalized spacial score (nSPS) is 21.0. The molecule has 2 aromatic heterocycles. The molecule has 1 aromatic carbocycles. The van der Waals surface area contributed by atoms with Crippen molar-refractivity contribution in [3.05, 3.63) is 50.9 Å². The molecule has 2 atom stereocenters. The van der Waals surface area contributed by atoms with Crippen molar-refractivity contribution in [1.82, 2.24) is 14.9 Å². The smallest absolute Gasteiger partial charge is 0.259 e. The number of benzene rings is 1. The van der Waals surface area contributed by atoms with E-state index in [-0.39, 0.29) is 11.6 Å². The van der Waals surface area contributed by atoms with Crippen LogP contribution in [0.1, 0.15) is 42.6 Å². The number of anilines is 1. The highest BCUT2D eigenvalue weighted by atomic mass is 32.1. The molecule has 1 aliphatic heterocycles. The lowest BCUT2D eigenvalue weighted by atomic mass is 9.89. The lowest BCUT2D eigenvalue weighted by Crippen LogP contribution is -2.47. The minimum absolute atomic E-state index is 0.0247. The molecule has 2 N–H and O–H groups in total. The van der Waals surface area contributed by atoms with E-state index in [1.54, 1.807) is 23.5 Å². The third-order valence-electron chi connectivity index (χ3n) is 6.66. The lowest BCUT2D eigenvalue weighted by molar-refractivity contribution is 0.192. The average molecular weight is 425 g/mol. The molecule has 0 radical (unpaired) electrons. The highest BCUT2D eigenvalue weighted by molar-refractivity contribution is 7.18. The Bertz CT molecular complexity index is 1110. The van der Waals surface area contributed by atoms with E-state index in [2.05, 4.69) is 28.6 Å². The van der Waals surface area contributed by atoms with Crippen LogP contribution in [-0.4, -0.2) is 46.2 Å². The number of aromatic hydroxyl groups is 1. The van der Waals surface area contributed by atoms with Gasteiger partial charge in [0.1, 0.15) is 16.4 Å². The van der Waals surface area contributed by atoms with Crippen LogP contribution in [0.25, 0.3) is 10.2 Å². The summed E-state index contributed by atoms with van der Waals surface area (Å²) in [6, 6.07) is 7.45. The Morgan fingerprint density at radius 1 is 1.20 bits per heavy atom. The number of rotatable bonds is 3. The first-order valence-corrected chi connectivity index (χ1v) is 11.6. The van der Waals surface area contributed by atoms with E-state index < -0.39 is 0 Å². The van der Waals surface area contributed by atoms with E-state index in [4.69, 9.17) is 4.98 Å². The van der Waals surface area contributed by atoms with Gasteiger partial charge in [0, 0.05) is 36.7 Å². The van der Waals surface area contributed by atoms with Crippen molar-refractivity contribution in [2.75, 3.05) is 31.1 Å². The molecule has 3 heterocycles. The van der Waals surface area contributed by atoms with Gasteiger partial charge in [-0.05, 0) is 61.9 Å². The molecule has 0 unspecified atom stereocenters. The molecule has 30 heavy (non-hydrogen) atoms. The molecule has 0 amide bonds. The topological polar surface area (TPSA) is 72.5 Å². The number of nitrogens with one attached hydrogen (secondary N) is 1. The van der Waals surface area contributed by atoms with Crippen molar-refractivity contribution in [2.45, 2.75) is 39.2 Å². The first kappa shape index (κ1) is 19.6. The number of thiophene rings is 1. The minimum Gasteiger partial charge on any atom is -0.508 e. The molecule has 0 bridgehead atoms. The number of nitrogens with zero attached hydrogens (tertiary/aromatic N) is 3. The Balaban J connectivity index is 1.34. The van der Waals surface area contributed by atoms with Crippen LogP contribution in [0.2, 0.25) is 0 Å². The van der Waals surface area contributed by atoms with Gasteiger partial charge in [0.05, 0.1) is 11.4 Å². The molecular weight excluding hydrogens is 396 g/mol. The highest BCUT2D eigenvalue weighted by Crippen LogP contribution is 2.36. The van der Waals surface area contributed by atoms with Gasteiger partial charge in [0.25, 0.3) is 5.56 Å². The molecule has 6 nitrogen and oxygen atoms in total. The maximum absolute atomic E-state index is 12.9. The Hall–Kier alpha value is -2.38. The van der Waals surface area contributed by atoms with Crippen molar-refractivity contribution in [3.8, 4) is 5.75 Å². The van der Waals surface area contributed by atoms with Gasteiger partial charge in [0.2, 0.25) is 0 Å². The van der Waals surface area contributed by atoms with Crippen molar-refractivity contribution < 1.29 is 5.11 Å². The maximum atomic E-state index is 12.9. The quantitative estimate of drug-likeness (QED) is 0.671. The van der Waals surface area contributed by atoms with Crippen molar-refractivity contribution in [1.29, 1.82) is 0 Å². The van der Waals surface area contributed by atoms with Gasteiger partial charge in [-0.1, -0.05) is 6.92 Å². The fourth-order valence-corrected chi connectivity index (χ4v) is 6.16. The number of phenolic OH excluding ortho intramolecular Hbond substituents is 1. The first-order chi connectivity index (χ1) is 14.5. The maximum Gasteiger partial charge on any atom is 0.259 e. The summed E-state index contributed by atoms with van der Waals surface area (Å²) in [6.07, 6.45) is 3.22. The SMILES string of the molecule is C[C@H]1CCc2c(sc3nc([C@H](C)N4CCN(c5ccc(O)cc5)CC4)[nH]c(=O)c23)C1. The predicted octanol–water partition coefficient (Wildman–Crippen LogP) is 3.70. The van der Waals surface area contributed by atoms with Crippen LogP contribution in [0, 0.1) is 5.92 Å². The minimum atomic E-state index is 0.0247. The van der Waals surface area contributed by atoms with E-state index >= 15 is 0 Å². The Kier molecular flexibility index (Phi) is 5.03. The second-order valence-corrected chi connectivity index (χ2v) is 9.78. The van der Waals surface area contributed by atoms with E-state index in [0.29, 0.717) is 11.7 Å². The lowest BCUT2D eigenvalue weighted by Gasteiger charge is -2.38. The second kappa shape index (κ2) is 7.71. The van der Waals surface area contributed by atoms with E-state index in [1.807, 2.05) is 12.1 Å². The van der Waals surface area contributed by atoms with E-state index in [1.165, 1.54) is 10.4 Å². The monoisotopic (exact) mass is 424 g/mol. The van der Waals surface area contributed by atoms with Crippen molar-refractivity contribution in [3.63, 3.8) is 0 Å². The molecule has 0 saturated carbocycles. The van der Waals surface area contributed by atoms with Crippen molar-refractivity contribution in [2.24, 2.45) is 5.92 Å². The van der Waals surface area contributed by atoms with Gasteiger partial charge in [0.15, 0.2) is 0 Å². The van der Waals surface area contributed by atoms with Crippen molar-refractivity contribution >= 4 is 27.2 Å². The fourth-order valence-electron chi connectivity index (χ4n) is 4.77. The van der Waals surface area contributed by atoms with Crippen LogP contribution in [-0.2, 0) is 12.8 Å². The highest BCUT2D eigenvalue weighted by Gasteiger charge is 2.27. The number of hydrogen-bond acceptors (Lipinski definition) is 6. The van der Waals surface area contributed by atoms with Crippen LogP contribution in [0.15, 0.2) is 29.1 Å². The number of piperazine rings is 1. The van der Waals surface area contributed by atoms with Gasteiger partial charge in [-0.15, -0.1) is 11.3 Å². The average Bonchev–Trinajstić information content (AvgIpc) is 3.11. The van der Waals surface area contributed by atoms with Crippen LogP contribution in [0.4, 0.5) is 5.69 Å². The molecular formula is C23H28N4O2S. The number of aromatic nitrogens is 2. The summed E-state index contributed by atoms with van der Waals surface area (Å²) < 4.78 is 0. The predicted molar refractivity (Wildman–Crippen MR) is 122 cm³/mol. The summed E-state index contributed by atoms with van der Waals surface area (Å²) in [5, 5.41) is 10.3. The summed E-state index contributed by atoms with van der Waals surface area (Å²) in [5.74, 6) is 1.76. The van der Waals surface area contributed by atoms with Crippen LogP contribution >= 0.6 is 11.3 Å². The van der Waals surface area contributed by atoms with Gasteiger partial charge in [-0.2, -0.15) is 0 Å². The third-order valence-corrected chi connectivity index (χ3v) is 7.80. The summed E-state index contributed by atoms with van der Waals surface area (Å²) in [6.45, 7) is 8.05. The molecule has 7 heteroatoms. The summed E-state index contributed by atoms with van der Waals surface area (Å²) in [5.41, 5.74) is 2.40. The summed E-state index contributed by atoms with van der Waals surface area (Å²) in [4.78, 5) is 27.9.